The molecule has 2 heterocycles. The molecule has 0 saturated carbocycles. The van der Waals surface area contributed by atoms with Gasteiger partial charge in [0.2, 0.25) is 0 Å². The van der Waals surface area contributed by atoms with Crippen LogP contribution in [-0.4, -0.2) is 27.5 Å². The Morgan fingerprint density at radius 3 is 2.64 bits per heavy atom. The first kappa shape index (κ1) is 15.4. The second kappa shape index (κ2) is 6.20. The van der Waals surface area contributed by atoms with Gasteiger partial charge in [-0.2, -0.15) is 18.3 Å². The van der Waals surface area contributed by atoms with Gasteiger partial charge in [-0.3, -0.25) is 20.7 Å². The number of alkyl halides is 3. The van der Waals surface area contributed by atoms with E-state index in [-0.39, 0.29) is 18.2 Å². The van der Waals surface area contributed by atoms with E-state index in [1.807, 2.05) is 0 Å². The maximum absolute atomic E-state index is 12.3. The summed E-state index contributed by atoms with van der Waals surface area (Å²) in [6, 6.07) is 2.64. The zero-order chi connectivity index (χ0) is 16.2. The zero-order valence-electron chi connectivity index (χ0n) is 11.0. The summed E-state index contributed by atoms with van der Waals surface area (Å²) in [5.74, 6) is -0.705. The lowest BCUT2D eigenvalue weighted by Gasteiger charge is -2.11. The molecule has 0 aliphatic carbocycles. The molecule has 0 spiro atoms. The van der Waals surface area contributed by atoms with Crippen LogP contribution in [0.4, 0.5) is 35.3 Å². The van der Waals surface area contributed by atoms with E-state index in [9.17, 15) is 18.0 Å². The fourth-order valence-corrected chi connectivity index (χ4v) is 1.55. The fourth-order valence-electron chi connectivity index (χ4n) is 1.55. The number of amides is 2. The third kappa shape index (κ3) is 4.26. The number of nitrogens with two attached hydrogens (primary N) is 1. The molecule has 0 atom stereocenters. The molecule has 0 saturated heterocycles. The Hall–Kier alpha value is -2.98. The van der Waals surface area contributed by atoms with Crippen LogP contribution in [0.25, 0.3) is 0 Å². The molecule has 0 aliphatic rings. The van der Waals surface area contributed by atoms with Crippen LogP contribution in [0.2, 0.25) is 0 Å². The normalized spacial score (nSPS) is 11.0. The lowest BCUT2D eigenvalue weighted by atomic mass is 10.3. The molecule has 2 amide bonds. The predicted molar refractivity (Wildman–Crippen MR) is 72.8 cm³/mol. The minimum Gasteiger partial charge on any atom is -0.382 e. The van der Waals surface area contributed by atoms with Gasteiger partial charge in [-0.25, -0.2) is 4.79 Å². The van der Waals surface area contributed by atoms with Crippen molar-refractivity contribution in [3.63, 3.8) is 0 Å². The van der Waals surface area contributed by atoms with Crippen molar-refractivity contribution < 1.29 is 18.0 Å². The number of aromatic nitrogens is 3. The Bertz CT molecular complexity index is 641. The summed E-state index contributed by atoms with van der Waals surface area (Å²) in [6.45, 7) is 0.177. The molecule has 6 N–H and O–H groups in total. The number of hydrogen-bond acceptors (Lipinski definition) is 5. The van der Waals surface area contributed by atoms with Crippen LogP contribution in [0.15, 0.2) is 24.5 Å². The van der Waals surface area contributed by atoms with E-state index in [0.717, 1.165) is 5.56 Å². The molecule has 0 bridgehead atoms. The van der Waals surface area contributed by atoms with Crippen molar-refractivity contribution in [2.75, 3.05) is 16.4 Å². The molecule has 118 valence electrons. The number of anilines is 3. The van der Waals surface area contributed by atoms with E-state index in [1.165, 1.54) is 5.32 Å². The van der Waals surface area contributed by atoms with Crippen LogP contribution < -0.4 is 21.7 Å². The number of hydrogen-bond donors (Lipinski definition) is 5. The lowest BCUT2D eigenvalue weighted by molar-refractivity contribution is -0.0998. The first-order valence-corrected chi connectivity index (χ1v) is 5.97. The molecule has 11 heteroatoms. The van der Waals surface area contributed by atoms with Crippen LogP contribution in [0, 0.1) is 0 Å². The maximum atomic E-state index is 12.3. The number of carbonyl (C=O) groups is 1. The predicted octanol–water partition coefficient (Wildman–Crippen LogP) is 1.64. The van der Waals surface area contributed by atoms with Gasteiger partial charge in [-0.1, -0.05) is 0 Å². The molecule has 2 aromatic heterocycles. The molecule has 0 unspecified atom stereocenters. The molecule has 0 fully saturated rings. The van der Waals surface area contributed by atoms with Gasteiger partial charge in [0.15, 0.2) is 5.82 Å². The van der Waals surface area contributed by atoms with Crippen LogP contribution in [0.1, 0.15) is 5.56 Å². The van der Waals surface area contributed by atoms with Gasteiger partial charge in [0.25, 0.3) is 0 Å². The number of carbonyl (C=O) groups excluding carboxylic acids is 1. The number of halogens is 3. The average Bonchev–Trinajstić information content (AvgIpc) is 2.77. The van der Waals surface area contributed by atoms with Gasteiger partial charge in [0, 0.05) is 18.9 Å². The number of rotatable bonds is 4. The summed E-state index contributed by atoms with van der Waals surface area (Å²) in [4.78, 5) is 15.5. The number of H-pyrrole nitrogens is 1. The summed E-state index contributed by atoms with van der Waals surface area (Å²) >= 11 is 0. The molecular weight excluding hydrogens is 303 g/mol. The minimum atomic E-state index is -4.71. The highest BCUT2D eigenvalue weighted by molar-refractivity contribution is 5.93. The Balaban J connectivity index is 1.97. The van der Waals surface area contributed by atoms with Crippen LogP contribution in [-0.2, 0) is 6.54 Å². The van der Waals surface area contributed by atoms with Gasteiger partial charge in [0.05, 0.1) is 0 Å². The summed E-state index contributed by atoms with van der Waals surface area (Å²) in [7, 11) is 0. The maximum Gasteiger partial charge on any atom is 0.482 e. The summed E-state index contributed by atoms with van der Waals surface area (Å²) < 4.78 is 37.0. The van der Waals surface area contributed by atoms with Crippen LogP contribution in [0.3, 0.4) is 0 Å². The van der Waals surface area contributed by atoms with Crippen molar-refractivity contribution in [3.05, 3.63) is 30.1 Å². The van der Waals surface area contributed by atoms with Gasteiger partial charge < -0.3 is 11.1 Å². The van der Waals surface area contributed by atoms with E-state index in [4.69, 9.17) is 5.73 Å². The third-order valence-electron chi connectivity index (χ3n) is 2.50. The largest absolute Gasteiger partial charge is 0.482 e. The molecule has 2 rings (SSSR count). The Morgan fingerprint density at radius 2 is 2.00 bits per heavy atom. The van der Waals surface area contributed by atoms with E-state index in [1.54, 1.807) is 24.5 Å². The number of nitrogen functional groups attached to an aromatic ring is 1. The van der Waals surface area contributed by atoms with Crippen molar-refractivity contribution in [2.45, 2.75) is 12.8 Å². The highest BCUT2D eigenvalue weighted by atomic mass is 19.4. The molecule has 0 aliphatic heterocycles. The second-order valence-electron chi connectivity index (χ2n) is 4.15. The molecular formula is C11H12F3N7O. The van der Waals surface area contributed by atoms with Gasteiger partial charge in [0.1, 0.15) is 11.5 Å². The molecule has 22 heavy (non-hydrogen) atoms. The summed E-state index contributed by atoms with van der Waals surface area (Å²) in [5.41, 5.74) is 5.56. The van der Waals surface area contributed by atoms with Crippen molar-refractivity contribution in [1.29, 1.82) is 0 Å². The summed E-state index contributed by atoms with van der Waals surface area (Å²) in [6.07, 6.45) is -1.61. The standard InChI is InChI=1S/C11H12F3N7O/c12-11(13,14)19-7-8(15)20-21-9(7)18-10(22)17-5-6-1-3-16-4-2-6/h1-4,19H,5H2,(H5,15,17,18,20,21,22). The van der Waals surface area contributed by atoms with Gasteiger partial charge in [-0.05, 0) is 17.7 Å². The second-order valence-corrected chi connectivity index (χ2v) is 4.15. The highest BCUT2D eigenvalue weighted by Gasteiger charge is 2.31. The summed E-state index contributed by atoms with van der Waals surface area (Å²) in [5, 5.41) is 11.5. The van der Waals surface area contributed by atoms with Crippen molar-refractivity contribution in [3.8, 4) is 0 Å². The number of pyridine rings is 1. The number of nitrogens with zero attached hydrogens (tertiary/aromatic N) is 2. The van der Waals surface area contributed by atoms with Gasteiger partial charge in [-0.15, -0.1) is 0 Å². The lowest BCUT2D eigenvalue weighted by Crippen LogP contribution is -2.29. The Labute approximate surface area is 122 Å². The molecule has 0 aromatic carbocycles. The first-order valence-electron chi connectivity index (χ1n) is 5.97. The number of aromatic amines is 1. The topological polar surface area (TPSA) is 121 Å². The van der Waals surface area contributed by atoms with Gasteiger partial charge >= 0.3 is 12.3 Å². The monoisotopic (exact) mass is 315 g/mol. The highest BCUT2D eigenvalue weighted by Crippen LogP contribution is 2.30. The Morgan fingerprint density at radius 1 is 1.32 bits per heavy atom. The van der Waals surface area contributed by atoms with Crippen molar-refractivity contribution in [1.82, 2.24) is 20.5 Å². The number of nitrogens with one attached hydrogen (secondary N) is 4. The van der Waals surface area contributed by atoms with E-state index < -0.39 is 18.0 Å². The number of urea groups is 1. The van der Waals surface area contributed by atoms with E-state index in [0.29, 0.717) is 0 Å². The molecule has 0 radical (unpaired) electrons. The van der Waals surface area contributed by atoms with Crippen LogP contribution in [0.5, 0.6) is 0 Å². The third-order valence-corrected chi connectivity index (χ3v) is 2.50. The molecule has 8 nitrogen and oxygen atoms in total. The zero-order valence-corrected chi connectivity index (χ0v) is 11.0. The molecule has 2 aromatic rings. The quantitative estimate of drug-likeness (QED) is 0.549. The smallest absolute Gasteiger partial charge is 0.382 e. The minimum absolute atomic E-state index is 0.177. The van der Waals surface area contributed by atoms with E-state index in [2.05, 4.69) is 25.8 Å². The van der Waals surface area contributed by atoms with Crippen molar-refractivity contribution >= 4 is 23.4 Å². The van der Waals surface area contributed by atoms with E-state index >= 15 is 0 Å². The van der Waals surface area contributed by atoms with Crippen LogP contribution >= 0.6 is 0 Å². The Kier molecular flexibility index (Phi) is 4.34. The van der Waals surface area contributed by atoms with Crippen molar-refractivity contribution in [2.24, 2.45) is 0 Å². The fraction of sp³-hybridized carbons (Fsp3) is 0.182. The first-order chi connectivity index (χ1) is 10.3. The SMILES string of the molecule is Nc1[nH]nc(NC(=O)NCc2ccncc2)c1NC(F)(F)F. The average molecular weight is 315 g/mol.